The van der Waals surface area contributed by atoms with Crippen LogP contribution in [-0.2, 0) is 11.2 Å². The second-order valence-corrected chi connectivity index (χ2v) is 7.13. The number of carbonyl (C=O) groups excluding carboxylic acids is 1. The number of nitrogens with one attached hydrogen (secondary N) is 1. The fourth-order valence-electron chi connectivity index (χ4n) is 3.26. The van der Waals surface area contributed by atoms with E-state index in [1.54, 1.807) is 0 Å². The molecule has 0 spiro atoms. The van der Waals surface area contributed by atoms with Crippen LogP contribution in [0.15, 0.2) is 24.3 Å². The number of aliphatic hydroxyl groups is 2. The molecule has 1 rings (SSSR count). The van der Waals surface area contributed by atoms with E-state index in [0.29, 0.717) is 0 Å². The van der Waals surface area contributed by atoms with Crippen molar-refractivity contribution in [2.24, 2.45) is 0 Å². The van der Waals surface area contributed by atoms with Crippen LogP contribution in [0, 0.1) is 0 Å². The van der Waals surface area contributed by atoms with Crippen LogP contribution >= 0.6 is 0 Å². The first-order chi connectivity index (χ1) is 12.0. The van der Waals surface area contributed by atoms with E-state index in [1.807, 2.05) is 19.1 Å². The Morgan fingerprint density at radius 3 is 2.12 bits per heavy atom. The van der Waals surface area contributed by atoms with Gasteiger partial charge in [0.15, 0.2) is 0 Å². The van der Waals surface area contributed by atoms with Crippen molar-refractivity contribution >= 4 is 5.91 Å². The standard InChI is InChI=1S/C21H35NO3/c1-4-5-6-7-8-9-10-19-11-13-20(14-12-19)17(2)21(15-23,16-24)22-18(3)25/h11-14,17,23-24H,4-10,15-16H2,1-3H3,(H,22,25). The van der Waals surface area contributed by atoms with Gasteiger partial charge in [0.25, 0.3) is 0 Å². The van der Waals surface area contributed by atoms with Crippen LogP contribution in [-0.4, -0.2) is 34.9 Å². The fraction of sp³-hybridized carbons (Fsp3) is 0.667. The highest BCUT2D eigenvalue weighted by Gasteiger charge is 2.36. The molecule has 0 saturated carbocycles. The van der Waals surface area contributed by atoms with Gasteiger partial charge in [0.05, 0.1) is 18.8 Å². The molecular formula is C21H35NO3. The number of rotatable bonds is 12. The first-order valence-corrected chi connectivity index (χ1v) is 9.58. The third-order valence-corrected chi connectivity index (χ3v) is 5.12. The van der Waals surface area contributed by atoms with Crippen molar-refractivity contribution in [3.8, 4) is 0 Å². The topological polar surface area (TPSA) is 69.6 Å². The van der Waals surface area contributed by atoms with Gasteiger partial charge in [-0.3, -0.25) is 4.79 Å². The van der Waals surface area contributed by atoms with E-state index < -0.39 is 5.54 Å². The van der Waals surface area contributed by atoms with Gasteiger partial charge in [-0.2, -0.15) is 0 Å². The summed E-state index contributed by atoms with van der Waals surface area (Å²) in [6.45, 7) is 4.95. The summed E-state index contributed by atoms with van der Waals surface area (Å²) in [5, 5.41) is 22.2. The van der Waals surface area contributed by atoms with E-state index in [1.165, 1.54) is 51.0 Å². The number of aliphatic hydroxyl groups excluding tert-OH is 2. The SMILES string of the molecule is CCCCCCCCc1ccc(C(C)C(CO)(CO)NC(C)=O)cc1. The molecule has 1 amide bonds. The molecule has 0 radical (unpaired) electrons. The molecule has 0 aliphatic carbocycles. The average Bonchev–Trinajstić information content (AvgIpc) is 2.62. The van der Waals surface area contributed by atoms with E-state index in [4.69, 9.17) is 0 Å². The summed E-state index contributed by atoms with van der Waals surface area (Å²) >= 11 is 0. The van der Waals surface area contributed by atoms with E-state index in [9.17, 15) is 15.0 Å². The molecule has 0 aromatic heterocycles. The van der Waals surface area contributed by atoms with Gasteiger partial charge in [0, 0.05) is 12.8 Å². The second kappa shape index (κ2) is 11.3. The van der Waals surface area contributed by atoms with Gasteiger partial charge in [-0.25, -0.2) is 0 Å². The number of carbonyl (C=O) groups is 1. The van der Waals surface area contributed by atoms with Gasteiger partial charge in [-0.1, -0.05) is 70.2 Å². The molecule has 0 fully saturated rings. The molecule has 1 aromatic rings. The van der Waals surface area contributed by atoms with Crippen molar-refractivity contribution in [1.82, 2.24) is 5.32 Å². The molecule has 4 heteroatoms. The molecule has 142 valence electrons. The Labute approximate surface area is 152 Å². The summed E-state index contributed by atoms with van der Waals surface area (Å²) in [6, 6.07) is 8.31. The molecule has 1 aromatic carbocycles. The van der Waals surface area contributed by atoms with E-state index >= 15 is 0 Å². The zero-order valence-corrected chi connectivity index (χ0v) is 16.1. The number of aryl methyl sites for hydroxylation is 1. The van der Waals surface area contributed by atoms with Crippen molar-refractivity contribution in [3.05, 3.63) is 35.4 Å². The maximum absolute atomic E-state index is 11.4. The van der Waals surface area contributed by atoms with Gasteiger partial charge in [0.1, 0.15) is 0 Å². The lowest BCUT2D eigenvalue weighted by atomic mass is 9.81. The lowest BCUT2D eigenvalue weighted by Crippen LogP contribution is -2.57. The van der Waals surface area contributed by atoms with Gasteiger partial charge in [-0.15, -0.1) is 0 Å². The zero-order valence-electron chi connectivity index (χ0n) is 16.1. The number of amides is 1. The largest absolute Gasteiger partial charge is 0.394 e. The fourth-order valence-corrected chi connectivity index (χ4v) is 3.26. The normalized spacial score (nSPS) is 12.8. The molecule has 25 heavy (non-hydrogen) atoms. The minimum Gasteiger partial charge on any atom is -0.394 e. The summed E-state index contributed by atoms with van der Waals surface area (Å²) in [5.41, 5.74) is 1.28. The van der Waals surface area contributed by atoms with Crippen LogP contribution in [0.5, 0.6) is 0 Å². The molecular weight excluding hydrogens is 314 g/mol. The van der Waals surface area contributed by atoms with Crippen LogP contribution in [0.25, 0.3) is 0 Å². The second-order valence-electron chi connectivity index (χ2n) is 7.13. The van der Waals surface area contributed by atoms with Crippen LogP contribution in [0.4, 0.5) is 0 Å². The molecule has 0 bridgehead atoms. The third kappa shape index (κ3) is 6.79. The van der Waals surface area contributed by atoms with Gasteiger partial charge >= 0.3 is 0 Å². The quantitative estimate of drug-likeness (QED) is 0.505. The molecule has 0 aliphatic heterocycles. The van der Waals surface area contributed by atoms with E-state index in [2.05, 4.69) is 24.4 Å². The van der Waals surface area contributed by atoms with Crippen LogP contribution in [0.3, 0.4) is 0 Å². The minimum atomic E-state index is -1.04. The summed E-state index contributed by atoms with van der Waals surface area (Å²) in [4.78, 5) is 11.4. The van der Waals surface area contributed by atoms with Crippen molar-refractivity contribution in [2.45, 2.75) is 77.2 Å². The number of unbranched alkanes of at least 4 members (excludes halogenated alkanes) is 5. The molecule has 0 aliphatic rings. The average molecular weight is 350 g/mol. The van der Waals surface area contributed by atoms with Crippen LogP contribution in [0.1, 0.15) is 76.3 Å². The van der Waals surface area contributed by atoms with Gasteiger partial charge < -0.3 is 15.5 Å². The Morgan fingerprint density at radius 1 is 1.04 bits per heavy atom. The van der Waals surface area contributed by atoms with E-state index in [0.717, 1.165) is 12.0 Å². The molecule has 1 atom stereocenters. The molecule has 0 heterocycles. The highest BCUT2D eigenvalue weighted by molar-refractivity contribution is 5.74. The highest BCUT2D eigenvalue weighted by Crippen LogP contribution is 2.28. The Kier molecular flexibility index (Phi) is 9.76. The van der Waals surface area contributed by atoms with Crippen LogP contribution in [0.2, 0.25) is 0 Å². The van der Waals surface area contributed by atoms with E-state index in [-0.39, 0.29) is 25.0 Å². The molecule has 4 nitrogen and oxygen atoms in total. The Bertz CT molecular complexity index is 494. The summed E-state index contributed by atoms with van der Waals surface area (Å²) in [7, 11) is 0. The summed E-state index contributed by atoms with van der Waals surface area (Å²) < 4.78 is 0. The maximum atomic E-state index is 11.4. The first-order valence-electron chi connectivity index (χ1n) is 9.58. The lowest BCUT2D eigenvalue weighted by molar-refractivity contribution is -0.122. The molecule has 1 unspecified atom stereocenters. The van der Waals surface area contributed by atoms with Crippen molar-refractivity contribution in [3.63, 3.8) is 0 Å². The van der Waals surface area contributed by atoms with Gasteiger partial charge in [0.2, 0.25) is 5.91 Å². The lowest BCUT2D eigenvalue weighted by Gasteiger charge is -2.37. The van der Waals surface area contributed by atoms with Crippen molar-refractivity contribution in [2.75, 3.05) is 13.2 Å². The van der Waals surface area contributed by atoms with Crippen molar-refractivity contribution in [1.29, 1.82) is 0 Å². The predicted octanol–water partition coefficient (Wildman–Crippen LogP) is 3.55. The minimum absolute atomic E-state index is 0.186. The van der Waals surface area contributed by atoms with Crippen LogP contribution < -0.4 is 5.32 Å². The predicted molar refractivity (Wildman–Crippen MR) is 103 cm³/mol. The van der Waals surface area contributed by atoms with Gasteiger partial charge in [-0.05, 0) is 24.0 Å². The molecule has 0 saturated heterocycles. The number of hydrogen-bond donors (Lipinski definition) is 3. The molecule has 3 N–H and O–H groups in total. The monoisotopic (exact) mass is 349 g/mol. The highest BCUT2D eigenvalue weighted by atomic mass is 16.3. The number of benzene rings is 1. The van der Waals surface area contributed by atoms with Crippen molar-refractivity contribution < 1.29 is 15.0 Å². The Morgan fingerprint density at radius 2 is 1.60 bits per heavy atom. The number of hydrogen-bond acceptors (Lipinski definition) is 3. The first kappa shape index (κ1) is 21.7. The third-order valence-electron chi connectivity index (χ3n) is 5.12. The Balaban J connectivity index is 2.63. The zero-order chi connectivity index (χ0) is 18.7. The summed E-state index contributed by atoms with van der Waals surface area (Å²) in [5.74, 6) is -0.441. The Hall–Kier alpha value is -1.39. The summed E-state index contributed by atoms with van der Waals surface area (Å²) in [6.07, 6.45) is 8.83. The smallest absolute Gasteiger partial charge is 0.217 e. The maximum Gasteiger partial charge on any atom is 0.217 e.